The fraction of sp³-hybridized carbons (Fsp3) is 0.800. The molecule has 1 heteroatoms. The normalized spacial score (nSPS) is 12.9. The van der Waals surface area contributed by atoms with Crippen LogP contribution in [0.2, 0.25) is 0 Å². The van der Waals surface area contributed by atoms with Crippen LogP contribution in [0.15, 0.2) is 30.3 Å². The summed E-state index contributed by atoms with van der Waals surface area (Å²) in [7, 11) is 0. The van der Waals surface area contributed by atoms with Crippen molar-refractivity contribution in [2.24, 2.45) is 5.73 Å². The smallest absolute Gasteiger partial charge is 0.0223 e. The van der Waals surface area contributed by atoms with Crippen LogP contribution in [0.4, 0.5) is 0 Å². The second-order valence-corrected chi connectivity index (χ2v) is 10.1. The zero-order chi connectivity index (χ0) is 22.6. The van der Waals surface area contributed by atoms with E-state index in [9.17, 15) is 0 Å². The lowest BCUT2D eigenvalue weighted by Gasteiger charge is -2.38. The molecule has 1 nitrogen and oxygen atoms in total. The first-order valence-electron chi connectivity index (χ1n) is 14.0. The molecule has 0 saturated carbocycles. The van der Waals surface area contributed by atoms with Crippen molar-refractivity contribution in [2.75, 3.05) is 0 Å². The van der Waals surface area contributed by atoms with Gasteiger partial charge in [0.05, 0.1) is 0 Å². The summed E-state index contributed by atoms with van der Waals surface area (Å²) in [5.41, 5.74) is 8.47. The van der Waals surface area contributed by atoms with E-state index in [2.05, 4.69) is 51.1 Å². The Kier molecular flexibility index (Phi) is 17.0. The van der Waals surface area contributed by atoms with Gasteiger partial charge in [0.1, 0.15) is 0 Å². The molecule has 0 aliphatic heterocycles. The number of hydrogen-bond donors (Lipinski definition) is 1. The summed E-state index contributed by atoms with van der Waals surface area (Å²) in [6, 6.07) is 11.1. The molecule has 0 spiro atoms. The van der Waals surface area contributed by atoms with Gasteiger partial charge in [0.15, 0.2) is 0 Å². The maximum Gasteiger partial charge on any atom is 0.0223 e. The van der Waals surface area contributed by atoms with Crippen molar-refractivity contribution < 1.29 is 0 Å². The molecule has 0 aliphatic rings. The highest BCUT2D eigenvalue weighted by Crippen LogP contribution is 2.37. The largest absolute Gasteiger partial charge is 0.325 e. The molecule has 31 heavy (non-hydrogen) atoms. The summed E-state index contributed by atoms with van der Waals surface area (Å²) in [5.74, 6) is 0.505. The molecule has 0 aromatic heterocycles. The summed E-state index contributed by atoms with van der Waals surface area (Å²) >= 11 is 0. The monoisotopic (exact) mass is 429 g/mol. The second kappa shape index (κ2) is 18.7. The highest BCUT2D eigenvalue weighted by molar-refractivity contribution is 5.24. The molecule has 0 aliphatic carbocycles. The molecule has 180 valence electrons. The second-order valence-electron chi connectivity index (χ2n) is 10.1. The van der Waals surface area contributed by atoms with Gasteiger partial charge in [0.2, 0.25) is 0 Å². The molecule has 0 saturated heterocycles. The maximum atomic E-state index is 7.05. The third-order valence-corrected chi connectivity index (χ3v) is 7.17. The van der Waals surface area contributed by atoms with Crippen molar-refractivity contribution in [3.63, 3.8) is 0 Å². The van der Waals surface area contributed by atoms with Crippen LogP contribution in [-0.4, -0.2) is 5.54 Å². The van der Waals surface area contributed by atoms with Crippen LogP contribution in [0.25, 0.3) is 0 Å². The van der Waals surface area contributed by atoms with Crippen LogP contribution in [0.3, 0.4) is 0 Å². The number of benzene rings is 1. The van der Waals surface area contributed by atoms with E-state index < -0.39 is 0 Å². The topological polar surface area (TPSA) is 26.0 Å². The van der Waals surface area contributed by atoms with Crippen molar-refractivity contribution in [3.05, 3.63) is 35.9 Å². The lowest BCUT2D eigenvalue weighted by molar-refractivity contribution is 0.275. The Bertz CT molecular complexity index is 488. The van der Waals surface area contributed by atoms with E-state index in [0.717, 1.165) is 12.8 Å². The molecule has 1 aromatic carbocycles. The molecular formula is C30H55N. The summed E-state index contributed by atoms with van der Waals surface area (Å²) in [4.78, 5) is 0. The average molecular weight is 430 g/mol. The first kappa shape index (κ1) is 28.2. The van der Waals surface area contributed by atoms with Crippen LogP contribution in [-0.2, 0) is 0 Å². The minimum absolute atomic E-state index is 0.0403. The lowest BCUT2D eigenvalue weighted by atomic mass is 9.72. The molecule has 0 fully saturated rings. The van der Waals surface area contributed by atoms with E-state index in [1.54, 1.807) is 0 Å². The van der Waals surface area contributed by atoms with Crippen LogP contribution < -0.4 is 5.73 Å². The first-order valence-corrected chi connectivity index (χ1v) is 14.0. The van der Waals surface area contributed by atoms with E-state index in [1.165, 1.54) is 115 Å². The summed E-state index contributed by atoms with van der Waals surface area (Å²) in [6.45, 7) is 6.86. The van der Waals surface area contributed by atoms with Crippen molar-refractivity contribution in [3.8, 4) is 0 Å². The Morgan fingerprint density at radius 2 is 1.00 bits per heavy atom. The Hall–Kier alpha value is -0.820. The van der Waals surface area contributed by atoms with Gasteiger partial charge in [-0.25, -0.2) is 0 Å². The molecular weight excluding hydrogens is 374 g/mol. The molecule has 1 aromatic rings. The van der Waals surface area contributed by atoms with E-state index in [1.807, 2.05) is 0 Å². The Morgan fingerprint density at radius 1 is 0.581 bits per heavy atom. The van der Waals surface area contributed by atoms with Gasteiger partial charge in [-0.1, -0.05) is 154 Å². The minimum atomic E-state index is -0.0403. The van der Waals surface area contributed by atoms with E-state index in [4.69, 9.17) is 5.73 Å². The van der Waals surface area contributed by atoms with Crippen LogP contribution >= 0.6 is 0 Å². The Labute approximate surface area is 196 Å². The molecule has 1 unspecified atom stereocenters. The lowest BCUT2D eigenvalue weighted by Crippen LogP contribution is -2.45. The highest BCUT2D eigenvalue weighted by Gasteiger charge is 2.33. The Balaban J connectivity index is 2.23. The predicted molar refractivity (Wildman–Crippen MR) is 141 cm³/mol. The number of unbranched alkanes of at least 4 members (excludes halogenated alkanes) is 13. The summed E-state index contributed by atoms with van der Waals surface area (Å²) in [5, 5.41) is 0. The fourth-order valence-electron chi connectivity index (χ4n) is 5.42. The van der Waals surface area contributed by atoms with E-state index in [-0.39, 0.29) is 5.54 Å². The average Bonchev–Trinajstić information content (AvgIpc) is 2.77. The van der Waals surface area contributed by atoms with Crippen LogP contribution in [0.1, 0.15) is 154 Å². The third kappa shape index (κ3) is 12.7. The predicted octanol–water partition coefficient (Wildman–Crippen LogP) is 9.94. The van der Waals surface area contributed by atoms with Crippen molar-refractivity contribution in [2.45, 2.75) is 154 Å². The molecule has 0 heterocycles. The standard InChI is InChI=1S/C30H55N/c1-4-7-8-9-10-11-12-13-14-15-16-17-18-22-25-29(28-23-20-19-21-24-28)30(31,26-5-2)27-6-3/h19-21,23-24,29H,4-18,22,25-27,31H2,1-3H3. The zero-order valence-corrected chi connectivity index (χ0v) is 21.5. The van der Waals surface area contributed by atoms with E-state index >= 15 is 0 Å². The highest BCUT2D eigenvalue weighted by atomic mass is 14.8. The molecule has 1 rings (SSSR count). The fourth-order valence-corrected chi connectivity index (χ4v) is 5.42. The van der Waals surface area contributed by atoms with Gasteiger partial charge >= 0.3 is 0 Å². The Morgan fingerprint density at radius 3 is 1.42 bits per heavy atom. The van der Waals surface area contributed by atoms with Crippen molar-refractivity contribution >= 4 is 0 Å². The molecule has 1 atom stereocenters. The molecule has 0 bridgehead atoms. The number of rotatable bonds is 21. The zero-order valence-electron chi connectivity index (χ0n) is 21.5. The van der Waals surface area contributed by atoms with Gasteiger partial charge in [-0.15, -0.1) is 0 Å². The van der Waals surface area contributed by atoms with E-state index in [0.29, 0.717) is 5.92 Å². The SMILES string of the molecule is CCCCCCCCCCCCCCCCC(c1ccccc1)C(N)(CCC)CCC. The number of nitrogens with two attached hydrogens (primary N) is 1. The first-order chi connectivity index (χ1) is 15.2. The van der Waals surface area contributed by atoms with Gasteiger partial charge in [0, 0.05) is 11.5 Å². The van der Waals surface area contributed by atoms with Crippen LogP contribution in [0, 0.1) is 0 Å². The van der Waals surface area contributed by atoms with Crippen LogP contribution in [0.5, 0.6) is 0 Å². The van der Waals surface area contributed by atoms with Crippen molar-refractivity contribution in [1.29, 1.82) is 0 Å². The van der Waals surface area contributed by atoms with Gasteiger partial charge in [-0.05, 0) is 24.8 Å². The minimum Gasteiger partial charge on any atom is -0.325 e. The third-order valence-electron chi connectivity index (χ3n) is 7.17. The molecule has 2 N–H and O–H groups in total. The number of hydrogen-bond acceptors (Lipinski definition) is 1. The van der Waals surface area contributed by atoms with Crippen molar-refractivity contribution in [1.82, 2.24) is 0 Å². The molecule has 0 radical (unpaired) electrons. The van der Waals surface area contributed by atoms with Gasteiger partial charge < -0.3 is 5.73 Å². The van der Waals surface area contributed by atoms with Gasteiger partial charge in [-0.3, -0.25) is 0 Å². The van der Waals surface area contributed by atoms with Gasteiger partial charge in [0.25, 0.3) is 0 Å². The maximum absolute atomic E-state index is 7.05. The summed E-state index contributed by atoms with van der Waals surface area (Å²) < 4.78 is 0. The quantitative estimate of drug-likeness (QED) is 0.193. The summed E-state index contributed by atoms with van der Waals surface area (Å²) in [6.07, 6.45) is 25.8. The molecule has 0 amide bonds. The van der Waals surface area contributed by atoms with Gasteiger partial charge in [-0.2, -0.15) is 0 Å².